The molecule has 6 heteroatoms. The first-order valence-corrected chi connectivity index (χ1v) is 7.48. The molecular weight excluding hydrogens is 327 g/mol. The summed E-state index contributed by atoms with van der Waals surface area (Å²) in [6.45, 7) is 3.75. The van der Waals surface area contributed by atoms with Crippen molar-refractivity contribution >= 4 is 46.0 Å². The lowest BCUT2D eigenvalue weighted by molar-refractivity contribution is 1.23. The van der Waals surface area contributed by atoms with Gasteiger partial charge in [-0.25, -0.2) is 4.98 Å². The number of rotatable bonds is 4. The molecular formula is C15H12Cl2N2OS. The minimum atomic E-state index is 0.245. The summed E-state index contributed by atoms with van der Waals surface area (Å²) < 4.78 is 0. The van der Waals surface area contributed by atoms with Crippen molar-refractivity contribution in [3.05, 3.63) is 50.5 Å². The van der Waals surface area contributed by atoms with Gasteiger partial charge in [-0.05, 0) is 48.4 Å². The van der Waals surface area contributed by atoms with Gasteiger partial charge in [0.15, 0.2) is 0 Å². The van der Waals surface area contributed by atoms with Crippen LogP contribution in [0, 0.1) is 11.8 Å². The monoisotopic (exact) mass is 338 g/mol. The zero-order chi connectivity index (χ0) is 15.6. The van der Waals surface area contributed by atoms with E-state index >= 15 is 0 Å². The molecule has 0 amide bonds. The standard InChI is InChI=1S/C15H12Cl2N2OS/c1-3-14(21)15-13(19-20)5-4-12(18-15)9-6-10(16)8(2)11(17)7-9/h4-7H,3H2,1-2H3. The van der Waals surface area contributed by atoms with Crippen LogP contribution >= 0.6 is 35.4 Å². The maximum Gasteiger partial charge on any atom is 0.134 e. The molecule has 0 atom stereocenters. The Morgan fingerprint density at radius 1 is 1.29 bits per heavy atom. The van der Waals surface area contributed by atoms with Crippen LogP contribution in [0.15, 0.2) is 29.4 Å². The number of nitrogens with zero attached hydrogens (tertiary/aromatic N) is 2. The quantitative estimate of drug-likeness (QED) is 0.396. The second kappa shape index (κ2) is 6.60. The molecule has 1 aromatic carbocycles. The molecule has 0 spiro atoms. The highest BCUT2D eigenvalue weighted by atomic mass is 35.5. The van der Waals surface area contributed by atoms with Gasteiger partial charge in [0.25, 0.3) is 0 Å². The van der Waals surface area contributed by atoms with Gasteiger partial charge in [-0.1, -0.05) is 42.3 Å². The van der Waals surface area contributed by atoms with Crippen LogP contribution in [-0.2, 0) is 0 Å². The number of pyridine rings is 1. The molecule has 21 heavy (non-hydrogen) atoms. The largest absolute Gasteiger partial charge is 0.245 e. The van der Waals surface area contributed by atoms with Gasteiger partial charge in [0, 0.05) is 20.5 Å². The topological polar surface area (TPSA) is 42.3 Å². The smallest absolute Gasteiger partial charge is 0.134 e. The van der Waals surface area contributed by atoms with Crippen molar-refractivity contribution in [1.82, 2.24) is 4.98 Å². The molecule has 0 aliphatic carbocycles. The summed E-state index contributed by atoms with van der Waals surface area (Å²) >= 11 is 17.5. The Bertz CT molecular complexity index is 709. The molecule has 0 aliphatic heterocycles. The molecule has 0 radical (unpaired) electrons. The molecule has 0 unspecified atom stereocenters. The highest BCUT2D eigenvalue weighted by Crippen LogP contribution is 2.32. The van der Waals surface area contributed by atoms with E-state index in [0.29, 0.717) is 32.7 Å². The van der Waals surface area contributed by atoms with Crippen LogP contribution in [0.4, 0.5) is 5.69 Å². The molecule has 0 bridgehead atoms. The van der Waals surface area contributed by atoms with Crippen molar-refractivity contribution in [2.45, 2.75) is 20.3 Å². The summed E-state index contributed by atoms with van der Waals surface area (Å²) in [6.07, 6.45) is 0.615. The number of thiocarbonyl (C=S) groups is 1. The number of nitroso groups, excluding NO2 is 1. The number of hydrogen-bond acceptors (Lipinski definition) is 4. The maximum absolute atomic E-state index is 10.9. The van der Waals surface area contributed by atoms with Crippen LogP contribution in [0.5, 0.6) is 0 Å². The van der Waals surface area contributed by atoms with Crippen molar-refractivity contribution in [2.75, 3.05) is 0 Å². The van der Waals surface area contributed by atoms with Gasteiger partial charge in [0.2, 0.25) is 0 Å². The van der Waals surface area contributed by atoms with E-state index in [-0.39, 0.29) is 5.69 Å². The third kappa shape index (κ3) is 3.28. The van der Waals surface area contributed by atoms with Gasteiger partial charge >= 0.3 is 0 Å². The normalized spacial score (nSPS) is 10.5. The molecule has 2 rings (SSSR count). The Labute approximate surface area is 138 Å². The molecule has 0 saturated heterocycles. The van der Waals surface area contributed by atoms with E-state index in [9.17, 15) is 4.91 Å². The Morgan fingerprint density at radius 3 is 2.43 bits per heavy atom. The predicted octanol–water partition coefficient (Wildman–Crippen LogP) is 5.89. The Morgan fingerprint density at radius 2 is 1.90 bits per heavy atom. The van der Waals surface area contributed by atoms with E-state index in [0.717, 1.165) is 11.1 Å². The molecule has 0 N–H and O–H groups in total. The van der Waals surface area contributed by atoms with E-state index in [4.69, 9.17) is 35.4 Å². The summed E-state index contributed by atoms with van der Waals surface area (Å²) in [6, 6.07) is 6.89. The summed E-state index contributed by atoms with van der Waals surface area (Å²) in [4.78, 5) is 15.9. The number of halogens is 2. The van der Waals surface area contributed by atoms with Gasteiger partial charge in [-0.3, -0.25) is 0 Å². The zero-order valence-corrected chi connectivity index (χ0v) is 13.8. The highest BCUT2D eigenvalue weighted by molar-refractivity contribution is 7.80. The predicted molar refractivity (Wildman–Crippen MR) is 91.9 cm³/mol. The van der Waals surface area contributed by atoms with Crippen LogP contribution in [0.25, 0.3) is 11.3 Å². The lowest BCUT2D eigenvalue weighted by Gasteiger charge is -2.09. The van der Waals surface area contributed by atoms with E-state index < -0.39 is 0 Å². The lowest BCUT2D eigenvalue weighted by Crippen LogP contribution is -2.00. The molecule has 2 aromatic rings. The van der Waals surface area contributed by atoms with Crippen LogP contribution in [0.1, 0.15) is 24.6 Å². The number of benzene rings is 1. The van der Waals surface area contributed by atoms with Gasteiger partial charge in [-0.15, -0.1) is 4.91 Å². The molecule has 108 valence electrons. The summed E-state index contributed by atoms with van der Waals surface area (Å²) in [5.74, 6) is 0. The van der Waals surface area contributed by atoms with Gasteiger partial charge in [-0.2, -0.15) is 0 Å². The van der Waals surface area contributed by atoms with E-state index in [1.807, 2.05) is 13.8 Å². The van der Waals surface area contributed by atoms with Gasteiger partial charge in [0.1, 0.15) is 11.4 Å². The maximum atomic E-state index is 10.9. The van der Waals surface area contributed by atoms with Crippen molar-refractivity contribution in [1.29, 1.82) is 0 Å². The van der Waals surface area contributed by atoms with Crippen molar-refractivity contribution in [3.8, 4) is 11.3 Å². The van der Waals surface area contributed by atoms with E-state index in [1.165, 1.54) is 0 Å². The van der Waals surface area contributed by atoms with Gasteiger partial charge in [0.05, 0.1) is 5.69 Å². The minimum Gasteiger partial charge on any atom is -0.245 e. The molecule has 1 aromatic heterocycles. The minimum absolute atomic E-state index is 0.245. The fourth-order valence-electron chi connectivity index (χ4n) is 1.85. The van der Waals surface area contributed by atoms with Crippen LogP contribution in [0.2, 0.25) is 10.0 Å². The molecule has 0 fully saturated rings. The fourth-order valence-corrected chi connectivity index (χ4v) is 2.49. The molecule has 3 nitrogen and oxygen atoms in total. The third-order valence-corrected chi connectivity index (χ3v) is 4.40. The average molecular weight is 339 g/mol. The first-order valence-electron chi connectivity index (χ1n) is 6.31. The van der Waals surface area contributed by atoms with Crippen LogP contribution in [-0.4, -0.2) is 9.85 Å². The van der Waals surface area contributed by atoms with Crippen LogP contribution in [0.3, 0.4) is 0 Å². The summed E-state index contributed by atoms with van der Waals surface area (Å²) in [7, 11) is 0. The number of aromatic nitrogens is 1. The van der Waals surface area contributed by atoms with Gasteiger partial charge < -0.3 is 0 Å². The summed E-state index contributed by atoms with van der Waals surface area (Å²) in [5, 5.41) is 4.10. The van der Waals surface area contributed by atoms with E-state index in [1.54, 1.807) is 24.3 Å². The Kier molecular flexibility index (Phi) is 5.04. The SMILES string of the molecule is CCC(=S)c1nc(-c2cc(Cl)c(C)c(Cl)c2)ccc1N=O. The first-order chi connectivity index (χ1) is 9.97. The Balaban J connectivity index is 2.60. The molecule has 0 aliphatic rings. The lowest BCUT2D eigenvalue weighted by atomic mass is 10.1. The zero-order valence-electron chi connectivity index (χ0n) is 11.5. The molecule has 0 saturated carbocycles. The van der Waals surface area contributed by atoms with Crippen molar-refractivity contribution in [2.24, 2.45) is 5.18 Å². The molecule has 1 heterocycles. The van der Waals surface area contributed by atoms with Crippen molar-refractivity contribution < 1.29 is 0 Å². The highest BCUT2D eigenvalue weighted by Gasteiger charge is 2.13. The second-order valence-corrected chi connectivity index (χ2v) is 5.80. The van der Waals surface area contributed by atoms with E-state index in [2.05, 4.69) is 10.2 Å². The first kappa shape index (κ1) is 16.0. The average Bonchev–Trinajstić information content (AvgIpc) is 2.50. The number of hydrogen-bond donors (Lipinski definition) is 0. The second-order valence-electron chi connectivity index (χ2n) is 4.50. The van der Waals surface area contributed by atoms with Crippen molar-refractivity contribution in [3.63, 3.8) is 0 Å². The van der Waals surface area contributed by atoms with Crippen LogP contribution < -0.4 is 0 Å². The fraction of sp³-hybridized carbons (Fsp3) is 0.200. The Hall–Kier alpha value is -1.36. The summed E-state index contributed by atoms with van der Waals surface area (Å²) in [5.41, 5.74) is 2.92. The third-order valence-electron chi connectivity index (χ3n) is 3.13.